The number of fused-ring (bicyclic) bond motifs is 5. The van der Waals surface area contributed by atoms with Gasteiger partial charge < -0.3 is 9.80 Å². The highest BCUT2D eigenvalue weighted by molar-refractivity contribution is 6.08. The van der Waals surface area contributed by atoms with Gasteiger partial charge >= 0.3 is 0 Å². The van der Waals surface area contributed by atoms with Crippen molar-refractivity contribution < 1.29 is 0 Å². The van der Waals surface area contributed by atoms with Gasteiger partial charge in [-0.15, -0.1) is 0 Å². The van der Waals surface area contributed by atoms with Gasteiger partial charge in [0.25, 0.3) is 0 Å². The fourth-order valence-electron chi connectivity index (χ4n) is 9.37. The molecule has 0 aliphatic carbocycles. The summed E-state index contributed by atoms with van der Waals surface area (Å²) in [4.78, 5) is 4.98. The van der Waals surface area contributed by atoms with Gasteiger partial charge in [0.2, 0.25) is 0 Å². The molecule has 280 valence electrons. The van der Waals surface area contributed by atoms with Crippen LogP contribution in [0.3, 0.4) is 0 Å². The van der Waals surface area contributed by atoms with Crippen molar-refractivity contribution in [2.24, 2.45) is 0 Å². The van der Waals surface area contributed by atoms with Crippen LogP contribution in [0.5, 0.6) is 0 Å². The van der Waals surface area contributed by atoms with E-state index in [9.17, 15) is 0 Å². The second kappa shape index (κ2) is 13.9. The first kappa shape index (κ1) is 34.8. The first-order valence-electron chi connectivity index (χ1n) is 20.5. The molecule has 0 amide bonds. The molecule has 2 heteroatoms. The van der Waals surface area contributed by atoms with Gasteiger partial charge in [-0.25, -0.2) is 0 Å². The number of hydrogen-bond acceptors (Lipinski definition) is 2. The minimum Gasteiger partial charge on any atom is -0.310 e. The molecule has 0 unspecified atom stereocenters. The van der Waals surface area contributed by atoms with Crippen molar-refractivity contribution in [2.75, 3.05) is 9.80 Å². The van der Waals surface area contributed by atoms with E-state index in [2.05, 4.69) is 242 Å². The van der Waals surface area contributed by atoms with Crippen LogP contribution in [-0.4, -0.2) is 0 Å². The Balaban J connectivity index is 1.17. The van der Waals surface area contributed by atoms with E-state index in [0.717, 1.165) is 17.1 Å². The van der Waals surface area contributed by atoms with Crippen molar-refractivity contribution in [1.29, 1.82) is 0 Å². The lowest BCUT2D eigenvalue weighted by Crippen LogP contribution is -2.31. The SMILES string of the molecule is CC1(C)c2ccccc2N(c2c(-c3ccc4ccccc4c3)ccc3ccccc23)c2cc(N(c3ccc(-c4ccccc4)cc3)c3ccc4ccccc4c3)ccc21. The van der Waals surface area contributed by atoms with E-state index in [4.69, 9.17) is 0 Å². The molecule has 0 bridgehead atoms. The first-order chi connectivity index (χ1) is 29.0. The number of anilines is 6. The number of hydrogen-bond donors (Lipinski definition) is 0. The molecule has 2 nitrogen and oxygen atoms in total. The van der Waals surface area contributed by atoms with Crippen LogP contribution < -0.4 is 9.80 Å². The van der Waals surface area contributed by atoms with Gasteiger partial charge in [-0.05, 0) is 103 Å². The van der Waals surface area contributed by atoms with Crippen LogP contribution in [0.1, 0.15) is 25.0 Å². The minimum absolute atomic E-state index is 0.250. The van der Waals surface area contributed by atoms with Crippen LogP contribution in [0.4, 0.5) is 34.1 Å². The average Bonchev–Trinajstić information content (AvgIpc) is 3.29. The van der Waals surface area contributed by atoms with Crippen molar-refractivity contribution in [3.63, 3.8) is 0 Å². The molecule has 0 saturated carbocycles. The topological polar surface area (TPSA) is 6.48 Å². The summed E-state index contributed by atoms with van der Waals surface area (Å²) < 4.78 is 0. The third kappa shape index (κ3) is 5.87. The quantitative estimate of drug-likeness (QED) is 0.167. The Morgan fingerprint density at radius 3 is 1.66 bits per heavy atom. The molecule has 0 aromatic heterocycles. The number of nitrogens with zero attached hydrogens (tertiary/aromatic N) is 2. The van der Waals surface area contributed by atoms with E-state index in [1.807, 2.05) is 0 Å². The maximum absolute atomic E-state index is 2.56. The molecule has 0 fully saturated rings. The smallest absolute Gasteiger partial charge is 0.0618 e. The van der Waals surface area contributed by atoms with Gasteiger partial charge in [-0.1, -0.05) is 184 Å². The lowest BCUT2D eigenvalue weighted by Gasteiger charge is -2.43. The number of rotatable bonds is 6. The van der Waals surface area contributed by atoms with Crippen LogP contribution in [0, 0.1) is 0 Å². The lowest BCUT2D eigenvalue weighted by atomic mass is 9.73. The van der Waals surface area contributed by atoms with Crippen LogP contribution in [0.25, 0.3) is 54.6 Å². The van der Waals surface area contributed by atoms with Gasteiger partial charge in [-0.2, -0.15) is 0 Å². The highest BCUT2D eigenvalue weighted by Crippen LogP contribution is 2.56. The van der Waals surface area contributed by atoms with Gasteiger partial charge in [0.05, 0.1) is 17.1 Å². The van der Waals surface area contributed by atoms with E-state index < -0.39 is 0 Å². The zero-order valence-electron chi connectivity index (χ0n) is 33.2. The molecule has 59 heavy (non-hydrogen) atoms. The highest BCUT2D eigenvalue weighted by atomic mass is 15.2. The summed E-state index contributed by atoms with van der Waals surface area (Å²) >= 11 is 0. The molecule has 0 radical (unpaired) electrons. The third-order valence-electron chi connectivity index (χ3n) is 12.4. The standard InChI is InChI=1S/C57H42N2/c1-57(2)52-22-12-13-23-54(52)59(56-50-21-11-10-18-43(50)29-34-51(56)46-25-24-40-16-6-8-19-44(40)36-46)55-38-49(33-35-53(55)57)58(48-32-28-41-17-7-9-20-45(41)37-48)47-30-26-42(27-31-47)39-14-4-3-5-15-39/h3-38H,1-2H3. The van der Waals surface area contributed by atoms with Crippen molar-refractivity contribution in [1.82, 2.24) is 0 Å². The van der Waals surface area contributed by atoms with E-state index in [1.165, 1.54) is 82.8 Å². The summed E-state index contributed by atoms with van der Waals surface area (Å²) in [5.74, 6) is 0. The van der Waals surface area contributed by atoms with E-state index in [0.29, 0.717) is 0 Å². The average molecular weight is 755 g/mol. The number of para-hydroxylation sites is 1. The zero-order valence-corrected chi connectivity index (χ0v) is 33.2. The van der Waals surface area contributed by atoms with Crippen LogP contribution >= 0.6 is 0 Å². The lowest BCUT2D eigenvalue weighted by molar-refractivity contribution is 0.632. The summed E-state index contributed by atoms with van der Waals surface area (Å²) in [5, 5.41) is 7.33. The summed E-state index contributed by atoms with van der Waals surface area (Å²) in [7, 11) is 0. The largest absolute Gasteiger partial charge is 0.310 e. The Labute approximate surface area is 345 Å². The van der Waals surface area contributed by atoms with Crippen LogP contribution in [0.2, 0.25) is 0 Å². The minimum atomic E-state index is -0.250. The summed E-state index contributed by atoms with van der Waals surface area (Å²) in [6.07, 6.45) is 0. The summed E-state index contributed by atoms with van der Waals surface area (Å²) in [6, 6.07) is 80.2. The Kier molecular flexibility index (Phi) is 8.20. The van der Waals surface area contributed by atoms with Crippen molar-refractivity contribution >= 4 is 66.4 Å². The molecular formula is C57H42N2. The fourth-order valence-corrected chi connectivity index (χ4v) is 9.37. The second-order valence-corrected chi connectivity index (χ2v) is 16.2. The maximum atomic E-state index is 2.56. The van der Waals surface area contributed by atoms with E-state index in [-0.39, 0.29) is 5.41 Å². The van der Waals surface area contributed by atoms with E-state index >= 15 is 0 Å². The molecule has 0 atom stereocenters. The molecule has 10 aromatic carbocycles. The third-order valence-corrected chi connectivity index (χ3v) is 12.4. The highest BCUT2D eigenvalue weighted by Gasteiger charge is 2.38. The van der Waals surface area contributed by atoms with Crippen LogP contribution in [-0.2, 0) is 5.41 Å². The van der Waals surface area contributed by atoms with Gasteiger partial charge in [0.15, 0.2) is 0 Å². The summed E-state index contributed by atoms with van der Waals surface area (Å²) in [6.45, 7) is 4.75. The van der Waals surface area contributed by atoms with Crippen molar-refractivity contribution in [3.05, 3.63) is 230 Å². The fraction of sp³-hybridized carbons (Fsp3) is 0.0526. The van der Waals surface area contributed by atoms with Gasteiger partial charge in [0, 0.05) is 33.4 Å². The second-order valence-electron chi connectivity index (χ2n) is 16.2. The molecule has 1 aliphatic rings. The van der Waals surface area contributed by atoms with Gasteiger partial charge in [0.1, 0.15) is 0 Å². The van der Waals surface area contributed by atoms with E-state index in [1.54, 1.807) is 0 Å². The Bertz CT molecular complexity index is 3200. The molecule has 11 rings (SSSR count). The molecule has 0 N–H and O–H groups in total. The molecule has 0 saturated heterocycles. The molecule has 1 aliphatic heterocycles. The van der Waals surface area contributed by atoms with Crippen molar-refractivity contribution in [2.45, 2.75) is 19.3 Å². The normalized spacial score (nSPS) is 13.0. The molecule has 0 spiro atoms. The molecule has 10 aromatic rings. The molecular weight excluding hydrogens is 713 g/mol. The number of benzene rings is 10. The van der Waals surface area contributed by atoms with Crippen LogP contribution in [0.15, 0.2) is 218 Å². The predicted molar refractivity (Wildman–Crippen MR) is 251 cm³/mol. The predicted octanol–water partition coefficient (Wildman–Crippen LogP) is 16.1. The Morgan fingerprint density at radius 1 is 0.356 bits per heavy atom. The maximum Gasteiger partial charge on any atom is 0.0618 e. The monoisotopic (exact) mass is 754 g/mol. The Hall–Kier alpha value is -7.42. The van der Waals surface area contributed by atoms with Gasteiger partial charge in [-0.3, -0.25) is 0 Å². The zero-order chi connectivity index (χ0) is 39.5. The van der Waals surface area contributed by atoms with Crippen molar-refractivity contribution in [3.8, 4) is 22.3 Å². The summed E-state index contributed by atoms with van der Waals surface area (Å²) in [5.41, 5.74) is 14.0. The first-order valence-corrected chi connectivity index (χ1v) is 20.5. The molecule has 1 heterocycles. The Morgan fingerprint density at radius 2 is 0.881 bits per heavy atom.